The summed E-state index contributed by atoms with van der Waals surface area (Å²) in [5.74, 6) is 0.205. The molecule has 1 fully saturated rings. The predicted octanol–water partition coefficient (Wildman–Crippen LogP) is 2.95. The molecule has 1 aromatic carbocycles. The minimum absolute atomic E-state index is 0.107. The number of halogens is 1. The van der Waals surface area contributed by atoms with Gasteiger partial charge in [0.2, 0.25) is 5.91 Å². The van der Waals surface area contributed by atoms with Gasteiger partial charge in [-0.1, -0.05) is 37.6 Å². The molecular formula is C16H23ClN2O. The summed E-state index contributed by atoms with van der Waals surface area (Å²) in [6.07, 6.45) is 2.17. The van der Waals surface area contributed by atoms with Gasteiger partial charge in [0.15, 0.2) is 0 Å². The van der Waals surface area contributed by atoms with Gasteiger partial charge in [0.1, 0.15) is 0 Å². The number of piperidine rings is 1. The third kappa shape index (κ3) is 3.97. The Labute approximate surface area is 126 Å². The maximum Gasteiger partial charge on any atom is 0.228 e. The smallest absolute Gasteiger partial charge is 0.228 e. The van der Waals surface area contributed by atoms with Crippen LogP contribution in [0.15, 0.2) is 24.3 Å². The van der Waals surface area contributed by atoms with E-state index in [4.69, 9.17) is 11.6 Å². The van der Waals surface area contributed by atoms with E-state index in [2.05, 4.69) is 24.5 Å². The van der Waals surface area contributed by atoms with Crippen molar-refractivity contribution in [2.75, 3.05) is 13.1 Å². The summed E-state index contributed by atoms with van der Waals surface area (Å²) >= 11 is 6.05. The fourth-order valence-electron chi connectivity index (χ4n) is 2.81. The molecule has 0 radical (unpaired) electrons. The lowest BCUT2D eigenvalue weighted by Gasteiger charge is -2.28. The first kappa shape index (κ1) is 15.3. The lowest BCUT2D eigenvalue weighted by atomic mass is 9.87. The van der Waals surface area contributed by atoms with Crippen molar-refractivity contribution in [2.24, 2.45) is 5.92 Å². The van der Waals surface area contributed by atoms with E-state index in [9.17, 15) is 4.79 Å². The molecule has 110 valence electrons. The highest BCUT2D eigenvalue weighted by Gasteiger charge is 2.26. The highest BCUT2D eigenvalue weighted by molar-refractivity contribution is 6.30. The average Bonchev–Trinajstić information content (AvgIpc) is 2.39. The van der Waals surface area contributed by atoms with Gasteiger partial charge in [-0.3, -0.25) is 4.79 Å². The fourth-order valence-corrected chi connectivity index (χ4v) is 3.00. The molecule has 0 bridgehead atoms. The molecule has 1 aromatic rings. The molecule has 2 atom stereocenters. The molecule has 1 amide bonds. The molecule has 1 heterocycles. The largest absolute Gasteiger partial charge is 0.352 e. The molecule has 1 unspecified atom stereocenters. The Morgan fingerprint density at radius 2 is 2.25 bits per heavy atom. The zero-order chi connectivity index (χ0) is 14.5. The van der Waals surface area contributed by atoms with E-state index in [1.165, 1.54) is 0 Å². The molecular weight excluding hydrogens is 272 g/mol. The van der Waals surface area contributed by atoms with Gasteiger partial charge in [-0.2, -0.15) is 0 Å². The van der Waals surface area contributed by atoms with Crippen molar-refractivity contribution in [3.8, 4) is 0 Å². The molecule has 0 saturated carbocycles. The third-order valence-electron chi connectivity index (χ3n) is 3.80. The Morgan fingerprint density at radius 3 is 2.85 bits per heavy atom. The van der Waals surface area contributed by atoms with Crippen LogP contribution in [-0.2, 0) is 4.79 Å². The first-order valence-electron chi connectivity index (χ1n) is 7.34. The van der Waals surface area contributed by atoms with Crippen LogP contribution in [0.25, 0.3) is 0 Å². The lowest BCUT2D eigenvalue weighted by molar-refractivity contribution is -0.124. The van der Waals surface area contributed by atoms with Crippen LogP contribution in [-0.4, -0.2) is 25.0 Å². The molecule has 4 heteroatoms. The van der Waals surface area contributed by atoms with Gasteiger partial charge in [0, 0.05) is 17.6 Å². The highest BCUT2D eigenvalue weighted by atomic mass is 35.5. The SMILES string of the molecule is CC(C)C(C(=O)N[C@H]1CCCNC1)c1cccc(Cl)c1. The van der Waals surface area contributed by atoms with Crippen molar-refractivity contribution in [3.63, 3.8) is 0 Å². The molecule has 0 aromatic heterocycles. The molecule has 1 aliphatic heterocycles. The number of nitrogens with one attached hydrogen (secondary N) is 2. The first-order chi connectivity index (χ1) is 9.58. The van der Waals surface area contributed by atoms with Gasteiger partial charge in [-0.25, -0.2) is 0 Å². The number of benzene rings is 1. The van der Waals surface area contributed by atoms with Crippen LogP contribution in [0.4, 0.5) is 0 Å². The van der Waals surface area contributed by atoms with Crippen LogP contribution < -0.4 is 10.6 Å². The van der Waals surface area contributed by atoms with Gasteiger partial charge in [-0.05, 0) is 43.0 Å². The van der Waals surface area contributed by atoms with E-state index in [-0.39, 0.29) is 23.8 Å². The monoisotopic (exact) mass is 294 g/mol. The van der Waals surface area contributed by atoms with E-state index in [1.807, 2.05) is 24.3 Å². The Hall–Kier alpha value is -1.06. The van der Waals surface area contributed by atoms with Gasteiger partial charge >= 0.3 is 0 Å². The second-order valence-corrected chi connectivity index (χ2v) is 6.26. The van der Waals surface area contributed by atoms with E-state index in [1.54, 1.807) is 0 Å². The lowest BCUT2D eigenvalue weighted by Crippen LogP contribution is -2.47. The number of hydrogen-bond acceptors (Lipinski definition) is 2. The fraction of sp³-hybridized carbons (Fsp3) is 0.562. The second kappa shape index (κ2) is 7.09. The van der Waals surface area contributed by atoms with Crippen LogP contribution in [0.3, 0.4) is 0 Å². The van der Waals surface area contributed by atoms with Gasteiger partial charge in [-0.15, -0.1) is 0 Å². The number of hydrogen-bond donors (Lipinski definition) is 2. The Balaban J connectivity index is 2.09. The van der Waals surface area contributed by atoms with Crippen LogP contribution in [0.5, 0.6) is 0 Å². The predicted molar refractivity (Wildman–Crippen MR) is 83.1 cm³/mol. The Kier molecular flexibility index (Phi) is 5.44. The van der Waals surface area contributed by atoms with Crippen molar-refractivity contribution in [2.45, 2.75) is 38.6 Å². The van der Waals surface area contributed by atoms with Crippen LogP contribution in [0.1, 0.15) is 38.2 Å². The standard InChI is InChI=1S/C16H23ClN2O/c1-11(2)15(12-5-3-6-13(17)9-12)16(20)19-14-7-4-8-18-10-14/h3,5-6,9,11,14-15,18H,4,7-8,10H2,1-2H3,(H,19,20)/t14-,15?/m0/s1. The highest BCUT2D eigenvalue weighted by Crippen LogP contribution is 2.27. The quantitative estimate of drug-likeness (QED) is 0.896. The van der Waals surface area contributed by atoms with Crippen molar-refractivity contribution in [3.05, 3.63) is 34.9 Å². The van der Waals surface area contributed by atoms with Crippen LogP contribution in [0.2, 0.25) is 5.02 Å². The van der Waals surface area contributed by atoms with E-state index >= 15 is 0 Å². The molecule has 2 N–H and O–H groups in total. The zero-order valence-corrected chi connectivity index (χ0v) is 12.9. The summed E-state index contributed by atoms with van der Waals surface area (Å²) in [4.78, 5) is 12.6. The summed E-state index contributed by atoms with van der Waals surface area (Å²) in [6, 6.07) is 7.87. The minimum Gasteiger partial charge on any atom is -0.352 e. The molecule has 2 rings (SSSR count). The summed E-state index contributed by atoms with van der Waals surface area (Å²) in [6.45, 7) is 6.06. The summed E-state index contributed by atoms with van der Waals surface area (Å²) in [5, 5.41) is 7.18. The van der Waals surface area contributed by atoms with E-state index < -0.39 is 0 Å². The second-order valence-electron chi connectivity index (χ2n) is 5.83. The van der Waals surface area contributed by atoms with Crippen molar-refractivity contribution < 1.29 is 4.79 Å². The third-order valence-corrected chi connectivity index (χ3v) is 4.04. The van der Waals surface area contributed by atoms with E-state index in [0.29, 0.717) is 5.02 Å². The zero-order valence-electron chi connectivity index (χ0n) is 12.2. The Bertz CT molecular complexity index is 456. The van der Waals surface area contributed by atoms with Gasteiger partial charge in [0.25, 0.3) is 0 Å². The van der Waals surface area contributed by atoms with Gasteiger partial charge in [0.05, 0.1) is 5.92 Å². The maximum atomic E-state index is 12.6. The molecule has 1 aliphatic rings. The van der Waals surface area contributed by atoms with Crippen molar-refractivity contribution in [1.29, 1.82) is 0 Å². The number of rotatable bonds is 4. The topological polar surface area (TPSA) is 41.1 Å². The van der Waals surface area contributed by atoms with Crippen molar-refractivity contribution in [1.82, 2.24) is 10.6 Å². The summed E-state index contributed by atoms with van der Waals surface area (Å²) < 4.78 is 0. The van der Waals surface area contributed by atoms with Gasteiger partial charge < -0.3 is 10.6 Å². The van der Waals surface area contributed by atoms with E-state index in [0.717, 1.165) is 31.5 Å². The molecule has 20 heavy (non-hydrogen) atoms. The van der Waals surface area contributed by atoms with Crippen LogP contribution in [0, 0.1) is 5.92 Å². The number of carbonyl (C=O) groups is 1. The summed E-state index contributed by atoms with van der Waals surface area (Å²) in [7, 11) is 0. The van der Waals surface area contributed by atoms with Crippen molar-refractivity contribution >= 4 is 17.5 Å². The molecule has 3 nitrogen and oxygen atoms in total. The molecule has 0 spiro atoms. The average molecular weight is 295 g/mol. The minimum atomic E-state index is -0.143. The Morgan fingerprint density at radius 1 is 1.45 bits per heavy atom. The first-order valence-corrected chi connectivity index (χ1v) is 7.72. The normalized spacial score (nSPS) is 20.7. The van der Waals surface area contributed by atoms with Crippen LogP contribution >= 0.6 is 11.6 Å². The molecule has 0 aliphatic carbocycles. The number of carbonyl (C=O) groups excluding carboxylic acids is 1. The summed E-state index contributed by atoms with van der Waals surface area (Å²) in [5.41, 5.74) is 0.994. The molecule has 1 saturated heterocycles. The number of amides is 1. The maximum absolute atomic E-state index is 12.6.